The Balaban J connectivity index is 1.65. The summed E-state index contributed by atoms with van der Waals surface area (Å²) in [4.78, 5) is 1.49. The van der Waals surface area contributed by atoms with Crippen LogP contribution in [0.3, 0.4) is 0 Å². The first-order valence-electron chi connectivity index (χ1n) is 9.22. The van der Waals surface area contributed by atoms with Crippen LogP contribution in [0.15, 0.2) is 75.4 Å². The van der Waals surface area contributed by atoms with Crippen molar-refractivity contribution in [2.75, 3.05) is 11.1 Å². The first-order chi connectivity index (χ1) is 14.7. The van der Waals surface area contributed by atoms with Gasteiger partial charge >= 0.3 is 0 Å². The van der Waals surface area contributed by atoms with E-state index in [0.29, 0.717) is 36.8 Å². The predicted molar refractivity (Wildman–Crippen MR) is 128 cm³/mol. The van der Waals surface area contributed by atoms with E-state index in [2.05, 4.69) is 5.32 Å². The Hall–Kier alpha value is -2.16. The quantitative estimate of drug-likeness (QED) is 0.420. The molecule has 0 bridgehead atoms. The fraction of sp³-hybridized carbons (Fsp3) is 0.0909. The normalized spacial score (nSPS) is 17.3. The summed E-state index contributed by atoms with van der Waals surface area (Å²) >= 11 is 13.6. The Labute approximate surface area is 194 Å². The maximum Gasteiger partial charge on any atom is 0.182 e. The molecule has 4 rings (SSSR count). The molecule has 1 unspecified atom stereocenters. The summed E-state index contributed by atoms with van der Waals surface area (Å²) in [6, 6.07) is 16.9. The van der Waals surface area contributed by atoms with Crippen molar-refractivity contribution < 1.29 is 13.5 Å². The molecule has 4 N–H and O–H groups in total. The molecule has 31 heavy (non-hydrogen) atoms. The maximum atomic E-state index is 13.0. The Morgan fingerprint density at radius 2 is 1.74 bits per heavy atom. The van der Waals surface area contributed by atoms with Gasteiger partial charge in [-0.05, 0) is 54.1 Å². The molecule has 3 aromatic rings. The summed E-state index contributed by atoms with van der Waals surface area (Å²) in [6.07, 6.45) is 0.925. The fourth-order valence-electron chi connectivity index (χ4n) is 3.11. The molecular weight excluding hydrogens is 475 g/mol. The second-order valence-corrected chi connectivity index (χ2v) is 10.9. The fourth-order valence-corrected chi connectivity index (χ4v) is 6.35. The zero-order valence-corrected chi connectivity index (χ0v) is 19.2. The number of nitrogens with two attached hydrogens (primary N) is 1. The van der Waals surface area contributed by atoms with E-state index in [1.807, 2.05) is 18.2 Å². The number of hydrogen-bond acceptors (Lipinski definition) is 6. The van der Waals surface area contributed by atoms with Crippen LogP contribution >= 0.6 is 35.0 Å². The monoisotopic (exact) mass is 492 g/mol. The lowest BCUT2D eigenvalue weighted by molar-refractivity contribution is 0.248. The molecular formula is C22H18Cl2N2O3S2. The van der Waals surface area contributed by atoms with Crippen LogP contribution in [0, 0.1) is 0 Å². The molecule has 9 heteroatoms. The number of nitrogens with one attached hydrogen (secondary N) is 1. The Bertz CT molecular complexity index is 1260. The molecule has 0 radical (unpaired) electrons. The maximum absolute atomic E-state index is 13.0. The van der Waals surface area contributed by atoms with Gasteiger partial charge in [0.2, 0.25) is 0 Å². The second-order valence-electron chi connectivity index (χ2n) is 6.98. The molecule has 5 nitrogen and oxygen atoms in total. The van der Waals surface area contributed by atoms with Crippen molar-refractivity contribution in [3.63, 3.8) is 0 Å². The van der Waals surface area contributed by atoms with E-state index in [-0.39, 0.29) is 10.6 Å². The molecule has 160 valence electrons. The van der Waals surface area contributed by atoms with Gasteiger partial charge in [-0.25, -0.2) is 8.42 Å². The molecule has 3 aromatic carbocycles. The number of aliphatic hydroxyl groups excluding tert-OH is 1. The van der Waals surface area contributed by atoms with Gasteiger partial charge in [-0.3, -0.25) is 0 Å². The molecule has 0 aromatic heterocycles. The zero-order chi connectivity index (χ0) is 22.2. The molecule has 0 fully saturated rings. The van der Waals surface area contributed by atoms with Crippen molar-refractivity contribution in [1.29, 1.82) is 0 Å². The summed E-state index contributed by atoms with van der Waals surface area (Å²) in [5.41, 5.74) is 8.27. The number of benzene rings is 3. The van der Waals surface area contributed by atoms with Gasteiger partial charge in [-0.1, -0.05) is 53.2 Å². The third-order valence-corrected chi connectivity index (χ3v) is 8.23. The summed E-state index contributed by atoms with van der Waals surface area (Å²) in [5, 5.41) is 14.1. The van der Waals surface area contributed by atoms with Crippen molar-refractivity contribution in [1.82, 2.24) is 0 Å². The van der Waals surface area contributed by atoms with Gasteiger partial charge in [-0.2, -0.15) is 0 Å². The van der Waals surface area contributed by atoms with Crippen LogP contribution in [0.25, 0.3) is 6.08 Å². The van der Waals surface area contributed by atoms with Crippen LogP contribution < -0.4 is 11.1 Å². The molecule has 1 heterocycles. The highest BCUT2D eigenvalue weighted by atomic mass is 35.5. The number of sulfone groups is 1. The topological polar surface area (TPSA) is 92.4 Å². The summed E-state index contributed by atoms with van der Waals surface area (Å²) < 4.78 is 26.1. The highest BCUT2D eigenvalue weighted by Gasteiger charge is 2.25. The van der Waals surface area contributed by atoms with Crippen LogP contribution in [0.5, 0.6) is 0 Å². The minimum atomic E-state index is -3.69. The average molecular weight is 493 g/mol. The number of rotatable bonds is 4. The third kappa shape index (κ3) is 4.86. The number of hydrogen-bond donors (Lipinski definition) is 3. The number of fused-ring (bicyclic) bond motifs is 1. The van der Waals surface area contributed by atoms with E-state index in [4.69, 9.17) is 28.9 Å². The molecule has 0 saturated heterocycles. The second kappa shape index (κ2) is 8.76. The Kier molecular flexibility index (Phi) is 6.23. The molecule has 1 aliphatic rings. The predicted octanol–water partition coefficient (Wildman–Crippen LogP) is 5.43. The van der Waals surface area contributed by atoms with Gasteiger partial charge in [-0.15, -0.1) is 0 Å². The summed E-state index contributed by atoms with van der Waals surface area (Å²) in [7, 11) is -3.69. The highest BCUT2D eigenvalue weighted by molar-refractivity contribution is 8.03. The lowest BCUT2D eigenvalue weighted by atomic mass is 10.2. The molecule has 1 aliphatic heterocycles. The zero-order valence-electron chi connectivity index (χ0n) is 16.0. The Morgan fingerprint density at radius 3 is 2.42 bits per heavy atom. The van der Waals surface area contributed by atoms with E-state index < -0.39 is 16.1 Å². The number of anilines is 2. The summed E-state index contributed by atoms with van der Waals surface area (Å²) in [5.74, 6) is -0.306. The minimum absolute atomic E-state index is 0.153. The van der Waals surface area contributed by atoms with Gasteiger partial charge < -0.3 is 16.2 Å². The number of nitrogen functional groups attached to an aromatic ring is 1. The van der Waals surface area contributed by atoms with E-state index in [1.54, 1.807) is 42.5 Å². The van der Waals surface area contributed by atoms with E-state index >= 15 is 0 Å². The van der Waals surface area contributed by atoms with Crippen LogP contribution in [0.4, 0.5) is 11.4 Å². The lowest BCUT2D eigenvalue weighted by Crippen LogP contribution is -2.23. The Morgan fingerprint density at radius 1 is 1.06 bits per heavy atom. The third-order valence-electron chi connectivity index (χ3n) is 4.74. The number of halogens is 2. The molecule has 0 aliphatic carbocycles. The molecule has 1 atom stereocenters. The van der Waals surface area contributed by atoms with Gasteiger partial charge in [0.15, 0.2) is 16.1 Å². The van der Waals surface area contributed by atoms with Gasteiger partial charge in [0.25, 0.3) is 0 Å². The van der Waals surface area contributed by atoms with Crippen LogP contribution in [-0.4, -0.2) is 19.8 Å². The molecule has 0 amide bonds. The van der Waals surface area contributed by atoms with Crippen molar-refractivity contribution in [2.45, 2.75) is 21.8 Å². The summed E-state index contributed by atoms with van der Waals surface area (Å²) in [6.45, 7) is 0. The number of thioether (sulfide) groups is 1. The standard InChI is InChI=1S/C22H18Cl2N2O3S2/c23-17-2-1-3-18(24)16(17)12-31(28,29)15-8-9-19-20(11-15)30-21(22(27)26-19)10-13-4-6-14(25)7-5-13/h1-11,22,26-27H,12,25H2. The van der Waals surface area contributed by atoms with Crippen LogP contribution in [0.2, 0.25) is 10.0 Å². The average Bonchev–Trinajstić information content (AvgIpc) is 2.73. The molecule has 0 saturated carbocycles. The SMILES string of the molecule is Nc1ccc(C=C2Sc3cc(S(=O)(=O)Cc4c(Cl)cccc4Cl)ccc3NC2O)cc1. The number of aliphatic hydroxyl groups is 1. The minimum Gasteiger partial charge on any atom is -0.399 e. The van der Waals surface area contributed by atoms with Gasteiger partial charge in [0, 0.05) is 31.1 Å². The first-order valence-corrected chi connectivity index (χ1v) is 12.4. The van der Waals surface area contributed by atoms with E-state index in [9.17, 15) is 13.5 Å². The van der Waals surface area contributed by atoms with Crippen molar-refractivity contribution >= 4 is 62.3 Å². The van der Waals surface area contributed by atoms with Crippen molar-refractivity contribution in [2.24, 2.45) is 0 Å². The lowest BCUT2D eigenvalue weighted by Gasteiger charge is -2.26. The van der Waals surface area contributed by atoms with Gasteiger partial charge in [0.1, 0.15) is 0 Å². The van der Waals surface area contributed by atoms with E-state index in [1.165, 1.54) is 17.8 Å². The van der Waals surface area contributed by atoms with Crippen LogP contribution in [-0.2, 0) is 15.6 Å². The molecule has 0 spiro atoms. The van der Waals surface area contributed by atoms with E-state index in [0.717, 1.165) is 5.56 Å². The first kappa shape index (κ1) is 22.0. The highest BCUT2D eigenvalue weighted by Crippen LogP contribution is 2.42. The van der Waals surface area contributed by atoms with Crippen LogP contribution in [0.1, 0.15) is 11.1 Å². The van der Waals surface area contributed by atoms with Crippen molar-refractivity contribution in [3.05, 3.63) is 86.7 Å². The smallest absolute Gasteiger partial charge is 0.182 e. The van der Waals surface area contributed by atoms with Gasteiger partial charge in [0.05, 0.1) is 16.3 Å². The van der Waals surface area contributed by atoms with Crippen molar-refractivity contribution in [3.8, 4) is 0 Å². The largest absolute Gasteiger partial charge is 0.399 e.